The second kappa shape index (κ2) is 8.37. The molecule has 3 rings (SSSR count). The number of benzene rings is 2. The van der Waals surface area contributed by atoms with E-state index in [1.807, 2.05) is 12.1 Å². The van der Waals surface area contributed by atoms with Crippen molar-refractivity contribution in [3.8, 4) is 11.4 Å². The molecule has 2 N–H and O–H groups in total. The molecule has 0 fully saturated rings. The van der Waals surface area contributed by atoms with Gasteiger partial charge in [-0.15, -0.1) is 0 Å². The highest BCUT2D eigenvalue weighted by atomic mass is 79.9. The number of hydrogen-bond acceptors (Lipinski definition) is 6. The Morgan fingerprint density at radius 3 is 2.48 bits per heavy atom. The van der Waals surface area contributed by atoms with Crippen molar-refractivity contribution in [2.45, 2.75) is 6.92 Å². The van der Waals surface area contributed by atoms with Gasteiger partial charge in [-0.25, -0.2) is 5.43 Å². The minimum Gasteiger partial charge on any atom is -0.328 e. The lowest BCUT2D eigenvalue weighted by Crippen LogP contribution is -2.18. The molecular formula is C18H14BrN5O3. The maximum atomic E-state index is 12.0. The van der Waals surface area contributed by atoms with Gasteiger partial charge in [-0.05, 0) is 42.0 Å². The number of nitrogens with one attached hydrogen (secondary N) is 2. The minimum atomic E-state index is -0.614. The SMILES string of the molecule is CC(=O)Nc1ccc(/C=N/NC(=O)c2nc(-c3ccc(Br)cc3)no2)cc1. The molecule has 2 aromatic carbocycles. The minimum absolute atomic E-state index is 0.147. The van der Waals surface area contributed by atoms with Gasteiger partial charge in [0.1, 0.15) is 0 Å². The molecule has 1 heterocycles. The molecule has 0 bridgehead atoms. The summed E-state index contributed by atoms with van der Waals surface area (Å²) in [5.41, 5.74) is 4.47. The Balaban J connectivity index is 1.60. The first-order valence-corrected chi connectivity index (χ1v) is 8.61. The molecule has 0 saturated heterocycles. The summed E-state index contributed by atoms with van der Waals surface area (Å²) in [6.07, 6.45) is 1.46. The van der Waals surface area contributed by atoms with Crippen molar-refractivity contribution in [2.24, 2.45) is 5.10 Å². The van der Waals surface area contributed by atoms with E-state index in [1.165, 1.54) is 13.1 Å². The average Bonchev–Trinajstić information content (AvgIpc) is 3.13. The highest BCUT2D eigenvalue weighted by molar-refractivity contribution is 9.10. The second-order valence-corrected chi connectivity index (χ2v) is 6.35. The summed E-state index contributed by atoms with van der Waals surface area (Å²) < 4.78 is 5.89. The Bertz CT molecular complexity index is 981. The van der Waals surface area contributed by atoms with Crippen LogP contribution in [0.15, 0.2) is 62.6 Å². The third-order valence-corrected chi connectivity index (χ3v) is 3.86. The maximum Gasteiger partial charge on any atom is 0.329 e. The van der Waals surface area contributed by atoms with Crippen molar-refractivity contribution in [1.29, 1.82) is 0 Å². The van der Waals surface area contributed by atoms with E-state index in [2.05, 4.69) is 41.9 Å². The lowest BCUT2D eigenvalue weighted by molar-refractivity contribution is -0.114. The fourth-order valence-corrected chi connectivity index (χ4v) is 2.37. The molecule has 0 radical (unpaired) electrons. The van der Waals surface area contributed by atoms with Gasteiger partial charge in [0.15, 0.2) is 0 Å². The summed E-state index contributed by atoms with van der Waals surface area (Å²) in [6.45, 7) is 1.44. The molecule has 8 nitrogen and oxygen atoms in total. The Morgan fingerprint density at radius 2 is 1.81 bits per heavy atom. The second-order valence-electron chi connectivity index (χ2n) is 5.43. The molecule has 27 heavy (non-hydrogen) atoms. The molecule has 3 aromatic rings. The standard InChI is InChI=1S/C18H14BrN5O3/c1-11(25)21-15-8-2-12(3-9-15)10-20-23-17(26)18-22-16(24-27-18)13-4-6-14(19)7-5-13/h2-10H,1H3,(H,21,25)(H,23,26)/b20-10+. The van der Waals surface area contributed by atoms with Crippen LogP contribution >= 0.6 is 15.9 Å². The number of halogens is 1. The van der Waals surface area contributed by atoms with Gasteiger partial charge in [-0.3, -0.25) is 9.59 Å². The Morgan fingerprint density at radius 1 is 1.11 bits per heavy atom. The van der Waals surface area contributed by atoms with Crippen LogP contribution in [-0.2, 0) is 4.79 Å². The normalized spacial score (nSPS) is 10.7. The highest BCUT2D eigenvalue weighted by Crippen LogP contribution is 2.18. The lowest BCUT2D eigenvalue weighted by Gasteiger charge is -2.01. The number of hydrazone groups is 1. The number of rotatable bonds is 5. The van der Waals surface area contributed by atoms with Gasteiger partial charge in [0.25, 0.3) is 0 Å². The molecule has 0 unspecified atom stereocenters. The number of carbonyl (C=O) groups is 2. The first-order chi connectivity index (χ1) is 13.0. The van der Waals surface area contributed by atoms with E-state index >= 15 is 0 Å². The molecule has 9 heteroatoms. The maximum absolute atomic E-state index is 12.0. The highest BCUT2D eigenvalue weighted by Gasteiger charge is 2.15. The number of amides is 2. The summed E-state index contributed by atoms with van der Waals surface area (Å²) in [7, 11) is 0. The van der Waals surface area contributed by atoms with Crippen molar-refractivity contribution >= 4 is 39.6 Å². The number of anilines is 1. The van der Waals surface area contributed by atoms with Crippen LogP contribution in [0.3, 0.4) is 0 Å². The molecule has 2 amide bonds. The molecule has 0 aliphatic heterocycles. The predicted octanol–water partition coefficient (Wildman–Crippen LogP) is 3.22. The molecule has 136 valence electrons. The van der Waals surface area contributed by atoms with Gasteiger partial charge in [-0.2, -0.15) is 10.1 Å². The topological polar surface area (TPSA) is 109 Å². The van der Waals surface area contributed by atoms with Gasteiger partial charge in [-0.1, -0.05) is 33.2 Å². The van der Waals surface area contributed by atoms with Gasteiger partial charge in [0.05, 0.1) is 6.21 Å². The number of nitrogens with zero attached hydrogens (tertiary/aromatic N) is 3. The van der Waals surface area contributed by atoms with Crippen LogP contribution in [0.4, 0.5) is 5.69 Å². The molecule has 1 aromatic heterocycles. The van der Waals surface area contributed by atoms with Gasteiger partial charge in [0, 0.05) is 22.6 Å². The number of carbonyl (C=O) groups excluding carboxylic acids is 2. The van der Waals surface area contributed by atoms with Crippen molar-refractivity contribution in [2.75, 3.05) is 5.32 Å². The molecule has 0 spiro atoms. The van der Waals surface area contributed by atoms with Crippen LogP contribution in [0.2, 0.25) is 0 Å². The van der Waals surface area contributed by atoms with E-state index in [0.29, 0.717) is 11.5 Å². The van der Waals surface area contributed by atoms with Gasteiger partial charge >= 0.3 is 11.8 Å². The van der Waals surface area contributed by atoms with Crippen LogP contribution in [0.5, 0.6) is 0 Å². The first-order valence-electron chi connectivity index (χ1n) is 7.82. The van der Waals surface area contributed by atoms with E-state index in [1.54, 1.807) is 36.4 Å². The number of aromatic nitrogens is 2. The largest absolute Gasteiger partial charge is 0.329 e. The Labute approximate surface area is 162 Å². The summed E-state index contributed by atoms with van der Waals surface area (Å²) in [6, 6.07) is 14.2. The van der Waals surface area contributed by atoms with E-state index in [4.69, 9.17) is 4.52 Å². The molecule has 0 atom stereocenters. The molecular weight excluding hydrogens is 414 g/mol. The fraction of sp³-hybridized carbons (Fsp3) is 0.0556. The van der Waals surface area contributed by atoms with E-state index in [-0.39, 0.29) is 11.8 Å². The summed E-state index contributed by atoms with van der Waals surface area (Å²) >= 11 is 3.35. The van der Waals surface area contributed by atoms with E-state index < -0.39 is 5.91 Å². The Hall–Kier alpha value is -3.33. The van der Waals surface area contributed by atoms with Crippen molar-refractivity contribution in [1.82, 2.24) is 15.6 Å². The number of hydrogen-bond donors (Lipinski definition) is 2. The molecule has 0 aliphatic carbocycles. The summed E-state index contributed by atoms with van der Waals surface area (Å²) in [5, 5.41) is 10.3. The zero-order valence-electron chi connectivity index (χ0n) is 14.1. The lowest BCUT2D eigenvalue weighted by atomic mass is 10.2. The Kier molecular flexibility index (Phi) is 5.72. The predicted molar refractivity (Wildman–Crippen MR) is 103 cm³/mol. The van der Waals surface area contributed by atoms with Crippen LogP contribution < -0.4 is 10.7 Å². The molecule has 0 saturated carbocycles. The summed E-state index contributed by atoms with van der Waals surface area (Å²) in [4.78, 5) is 27.1. The first kappa shape index (κ1) is 18.5. The third kappa shape index (κ3) is 5.08. The van der Waals surface area contributed by atoms with E-state index in [9.17, 15) is 9.59 Å². The average molecular weight is 428 g/mol. The fourth-order valence-electron chi connectivity index (χ4n) is 2.10. The van der Waals surface area contributed by atoms with Gasteiger partial charge in [0.2, 0.25) is 11.7 Å². The van der Waals surface area contributed by atoms with Crippen LogP contribution in [0, 0.1) is 0 Å². The van der Waals surface area contributed by atoms with E-state index in [0.717, 1.165) is 15.6 Å². The van der Waals surface area contributed by atoms with Crippen molar-refractivity contribution in [3.63, 3.8) is 0 Å². The zero-order valence-corrected chi connectivity index (χ0v) is 15.7. The summed E-state index contributed by atoms with van der Waals surface area (Å²) in [5.74, 6) is -0.640. The van der Waals surface area contributed by atoms with Crippen LogP contribution in [-0.4, -0.2) is 28.2 Å². The quantitative estimate of drug-likeness (QED) is 0.479. The van der Waals surface area contributed by atoms with Crippen molar-refractivity contribution < 1.29 is 14.1 Å². The molecule has 0 aliphatic rings. The van der Waals surface area contributed by atoms with Crippen molar-refractivity contribution in [3.05, 3.63) is 64.5 Å². The zero-order chi connectivity index (χ0) is 19.2. The third-order valence-electron chi connectivity index (χ3n) is 3.33. The van der Waals surface area contributed by atoms with Crippen LogP contribution in [0.25, 0.3) is 11.4 Å². The van der Waals surface area contributed by atoms with Crippen LogP contribution in [0.1, 0.15) is 23.2 Å². The van der Waals surface area contributed by atoms with Gasteiger partial charge < -0.3 is 9.84 Å². The monoisotopic (exact) mass is 427 g/mol. The smallest absolute Gasteiger partial charge is 0.328 e.